The molecule has 5 nitrogen and oxygen atoms in total. The summed E-state index contributed by atoms with van der Waals surface area (Å²) in [5.74, 6) is -1.42. The van der Waals surface area contributed by atoms with Crippen molar-refractivity contribution in [1.29, 1.82) is 0 Å². The lowest BCUT2D eigenvalue weighted by atomic mass is 10.1. The standard InChI is InChI=1S/C18H13FO5/c1-10(18(21)22)23-12-6-7-13-15(9-12)24-16(17(13)20)8-11-4-2-3-5-14(11)19/h2-10H,1H3,(H,21,22)/t10-/m1/s1. The van der Waals surface area contributed by atoms with Crippen molar-refractivity contribution in [1.82, 2.24) is 0 Å². The van der Waals surface area contributed by atoms with E-state index in [2.05, 4.69) is 0 Å². The molecule has 0 fully saturated rings. The minimum absolute atomic E-state index is 0.00136. The fourth-order valence-corrected chi connectivity index (χ4v) is 2.23. The van der Waals surface area contributed by atoms with Crippen molar-refractivity contribution in [3.63, 3.8) is 0 Å². The van der Waals surface area contributed by atoms with Crippen molar-refractivity contribution in [2.24, 2.45) is 0 Å². The molecular weight excluding hydrogens is 315 g/mol. The molecule has 0 bridgehead atoms. The molecule has 1 aliphatic rings. The second-order valence-corrected chi connectivity index (χ2v) is 5.22. The van der Waals surface area contributed by atoms with E-state index in [1.54, 1.807) is 12.1 Å². The average Bonchev–Trinajstić information content (AvgIpc) is 2.85. The van der Waals surface area contributed by atoms with Gasteiger partial charge in [0.1, 0.15) is 17.3 Å². The van der Waals surface area contributed by atoms with Crippen LogP contribution in [-0.2, 0) is 4.79 Å². The van der Waals surface area contributed by atoms with Crippen molar-refractivity contribution in [3.05, 3.63) is 65.2 Å². The molecule has 0 radical (unpaired) electrons. The molecule has 1 aliphatic heterocycles. The van der Waals surface area contributed by atoms with Gasteiger partial charge in [-0.05, 0) is 31.2 Å². The summed E-state index contributed by atoms with van der Waals surface area (Å²) in [6, 6.07) is 10.4. The zero-order valence-electron chi connectivity index (χ0n) is 12.7. The second kappa shape index (κ2) is 6.16. The molecule has 0 spiro atoms. The summed E-state index contributed by atoms with van der Waals surface area (Å²) in [6.07, 6.45) is 0.298. The van der Waals surface area contributed by atoms with Gasteiger partial charge >= 0.3 is 5.97 Å². The molecule has 1 heterocycles. The Kier molecular flexibility index (Phi) is 4.04. The predicted molar refractivity (Wildman–Crippen MR) is 83.5 cm³/mol. The molecule has 2 aromatic rings. The molecule has 0 saturated heterocycles. The van der Waals surface area contributed by atoms with Crippen LogP contribution in [0.2, 0.25) is 0 Å². The van der Waals surface area contributed by atoms with Crippen LogP contribution in [0.25, 0.3) is 6.08 Å². The van der Waals surface area contributed by atoms with Crippen LogP contribution in [0.4, 0.5) is 4.39 Å². The van der Waals surface area contributed by atoms with Crippen LogP contribution in [0.15, 0.2) is 48.2 Å². The van der Waals surface area contributed by atoms with Gasteiger partial charge in [0.2, 0.25) is 5.78 Å². The number of ketones is 1. The summed E-state index contributed by atoms with van der Waals surface area (Å²) in [5.41, 5.74) is 0.553. The van der Waals surface area contributed by atoms with E-state index in [0.29, 0.717) is 5.56 Å². The van der Waals surface area contributed by atoms with Crippen molar-refractivity contribution in [3.8, 4) is 11.5 Å². The van der Waals surface area contributed by atoms with Crippen molar-refractivity contribution >= 4 is 17.8 Å². The van der Waals surface area contributed by atoms with Crippen LogP contribution >= 0.6 is 0 Å². The van der Waals surface area contributed by atoms with Gasteiger partial charge in [-0.2, -0.15) is 0 Å². The normalized spacial score (nSPS) is 15.8. The highest BCUT2D eigenvalue weighted by Crippen LogP contribution is 2.35. The third-order valence-electron chi connectivity index (χ3n) is 3.49. The van der Waals surface area contributed by atoms with E-state index in [-0.39, 0.29) is 28.6 Å². The van der Waals surface area contributed by atoms with Gasteiger partial charge in [-0.15, -0.1) is 0 Å². The van der Waals surface area contributed by atoms with Crippen LogP contribution in [0.1, 0.15) is 22.8 Å². The van der Waals surface area contributed by atoms with E-state index in [4.69, 9.17) is 14.6 Å². The zero-order valence-corrected chi connectivity index (χ0v) is 12.7. The fourth-order valence-electron chi connectivity index (χ4n) is 2.23. The number of hydrogen-bond acceptors (Lipinski definition) is 4. The Morgan fingerprint density at radius 1 is 1.29 bits per heavy atom. The molecule has 24 heavy (non-hydrogen) atoms. The Morgan fingerprint density at radius 2 is 2.04 bits per heavy atom. The first-order valence-corrected chi connectivity index (χ1v) is 7.18. The number of carbonyl (C=O) groups excluding carboxylic acids is 1. The summed E-state index contributed by atoms with van der Waals surface area (Å²) in [6.45, 7) is 1.39. The molecule has 122 valence electrons. The molecule has 6 heteroatoms. The second-order valence-electron chi connectivity index (χ2n) is 5.22. The van der Waals surface area contributed by atoms with Crippen LogP contribution in [0, 0.1) is 5.82 Å². The number of fused-ring (bicyclic) bond motifs is 1. The molecule has 0 unspecified atom stereocenters. The first-order chi connectivity index (χ1) is 11.5. The molecule has 3 rings (SSSR count). The predicted octanol–water partition coefficient (Wildman–Crippen LogP) is 3.29. The zero-order chi connectivity index (χ0) is 17.3. The summed E-state index contributed by atoms with van der Waals surface area (Å²) in [7, 11) is 0. The van der Waals surface area contributed by atoms with Crippen LogP contribution in [-0.4, -0.2) is 23.0 Å². The van der Waals surface area contributed by atoms with Crippen molar-refractivity contribution in [2.75, 3.05) is 0 Å². The van der Waals surface area contributed by atoms with Gasteiger partial charge in [0.05, 0.1) is 5.56 Å². The highest BCUT2D eigenvalue weighted by molar-refractivity contribution is 6.14. The van der Waals surface area contributed by atoms with Gasteiger partial charge < -0.3 is 14.6 Å². The lowest BCUT2D eigenvalue weighted by Gasteiger charge is -2.10. The maximum atomic E-state index is 13.7. The van der Waals surface area contributed by atoms with Gasteiger partial charge in [-0.25, -0.2) is 9.18 Å². The highest BCUT2D eigenvalue weighted by Gasteiger charge is 2.28. The maximum Gasteiger partial charge on any atom is 0.344 e. The van der Waals surface area contributed by atoms with E-state index in [1.807, 2.05) is 0 Å². The number of carbonyl (C=O) groups is 2. The number of carboxylic acid groups (broad SMARTS) is 1. The number of rotatable bonds is 4. The number of benzene rings is 2. The highest BCUT2D eigenvalue weighted by atomic mass is 19.1. The Hall–Kier alpha value is -3.15. The summed E-state index contributed by atoms with van der Waals surface area (Å²) >= 11 is 0. The molecule has 0 saturated carbocycles. The number of aliphatic carboxylic acids is 1. The number of Topliss-reactive ketones (excluding diaryl/α,β-unsaturated/α-hetero) is 1. The molecular formula is C18H13FO5. The van der Waals surface area contributed by atoms with Crippen LogP contribution in [0.5, 0.6) is 11.5 Å². The SMILES string of the molecule is C[C@@H](Oc1ccc2c(c1)OC(=Cc1ccccc1F)C2=O)C(=O)O. The number of ether oxygens (including phenoxy) is 2. The maximum absolute atomic E-state index is 13.7. The number of carboxylic acids is 1. The summed E-state index contributed by atoms with van der Waals surface area (Å²) in [5, 5.41) is 8.86. The van der Waals surface area contributed by atoms with E-state index in [9.17, 15) is 14.0 Å². The molecule has 0 amide bonds. The van der Waals surface area contributed by atoms with E-state index >= 15 is 0 Å². The number of hydrogen-bond donors (Lipinski definition) is 1. The van der Waals surface area contributed by atoms with E-state index < -0.39 is 17.9 Å². The first kappa shape index (κ1) is 15.7. The van der Waals surface area contributed by atoms with Crippen LogP contribution in [0.3, 0.4) is 0 Å². The Morgan fingerprint density at radius 3 is 2.75 bits per heavy atom. The van der Waals surface area contributed by atoms with Crippen molar-refractivity contribution < 1.29 is 28.6 Å². The monoisotopic (exact) mass is 328 g/mol. The Labute approximate surface area is 136 Å². The Bertz CT molecular complexity index is 856. The minimum atomic E-state index is -1.10. The molecule has 1 atom stereocenters. The van der Waals surface area contributed by atoms with Gasteiger partial charge in [0, 0.05) is 11.6 Å². The lowest BCUT2D eigenvalue weighted by molar-refractivity contribution is -0.144. The Balaban J connectivity index is 1.88. The molecule has 0 aromatic heterocycles. The van der Waals surface area contributed by atoms with Crippen molar-refractivity contribution in [2.45, 2.75) is 13.0 Å². The quantitative estimate of drug-likeness (QED) is 0.872. The fraction of sp³-hybridized carbons (Fsp3) is 0.111. The number of allylic oxidation sites excluding steroid dienone is 1. The topological polar surface area (TPSA) is 72.8 Å². The van der Waals surface area contributed by atoms with E-state index in [0.717, 1.165) is 0 Å². The number of halogens is 1. The largest absolute Gasteiger partial charge is 0.479 e. The third kappa shape index (κ3) is 2.99. The van der Waals surface area contributed by atoms with Gasteiger partial charge in [0.15, 0.2) is 11.9 Å². The lowest BCUT2D eigenvalue weighted by Crippen LogP contribution is -2.22. The van der Waals surface area contributed by atoms with E-state index in [1.165, 1.54) is 43.3 Å². The third-order valence-corrected chi connectivity index (χ3v) is 3.49. The van der Waals surface area contributed by atoms with Gasteiger partial charge in [-0.3, -0.25) is 4.79 Å². The average molecular weight is 328 g/mol. The van der Waals surface area contributed by atoms with Gasteiger partial charge in [0.25, 0.3) is 0 Å². The smallest absolute Gasteiger partial charge is 0.344 e. The van der Waals surface area contributed by atoms with Crippen LogP contribution < -0.4 is 9.47 Å². The molecule has 1 N–H and O–H groups in total. The van der Waals surface area contributed by atoms with Gasteiger partial charge in [-0.1, -0.05) is 18.2 Å². The summed E-state index contributed by atoms with van der Waals surface area (Å²) < 4.78 is 24.4. The molecule has 2 aromatic carbocycles. The summed E-state index contributed by atoms with van der Waals surface area (Å²) in [4.78, 5) is 23.1. The minimum Gasteiger partial charge on any atom is -0.479 e. The molecule has 0 aliphatic carbocycles. The first-order valence-electron chi connectivity index (χ1n) is 7.18.